The van der Waals surface area contributed by atoms with Crippen molar-refractivity contribution in [1.29, 1.82) is 0 Å². The summed E-state index contributed by atoms with van der Waals surface area (Å²) in [6.07, 6.45) is 2.87. The summed E-state index contributed by atoms with van der Waals surface area (Å²) >= 11 is 0. The molecule has 1 N–H and O–H groups in total. The van der Waals surface area contributed by atoms with E-state index in [4.69, 9.17) is 0 Å². The van der Waals surface area contributed by atoms with Crippen LogP contribution in [0.25, 0.3) is 0 Å². The monoisotopic (exact) mass is 133 g/mol. The van der Waals surface area contributed by atoms with E-state index in [-0.39, 0.29) is 51.4 Å². The molecule has 2 heteroatoms. The van der Waals surface area contributed by atoms with E-state index in [9.17, 15) is 0 Å². The summed E-state index contributed by atoms with van der Waals surface area (Å²) in [6.45, 7) is 4.09. The molecule has 1 aromatic heterocycles. The first-order chi connectivity index (χ1) is 3.30. The molecule has 1 nitrogen and oxygen atoms in total. The van der Waals surface area contributed by atoms with Crippen molar-refractivity contribution in [3.63, 3.8) is 0 Å². The van der Waals surface area contributed by atoms with Crippen LogP contribution < -0.4 is 51.4 Å². The minimum atomic E-state index is 0. The summed E-state index contributed by atoms with van der Waals surface area (Å²) in [5.41, 5.74) is 2.49. The van der Waals surface area contributed by atoms with Crippen molar-refractivity contribution >= 4 is 0 Å². The molecule has 0 amide bonds. The second kappa shape index (κ2) is 3.85. The van der Waals surface area contributed by atoms with Gasteiger partial charge in [0.25, 0.3) is 0 Å². The molecule has 1 rings (SSSR count). The van der Waals surface area contributed by atoms with Crippen molar-refractivity contribution in [2.24, 2.45) is 0 Å². The molecule has 8 heavy (non-hydrogen) atoms. The zero-order valence-electron chi connectivity index (χ0n) is 5.58. The Labute approximate surface area is 92.3 Å². The molecular formula is C6H8KN. The molecule has 1 heterocycles. The van der Waals surface area contributed by atoms with E-state index in [1.807, 2.05) is 13.0 Å². The SMILES string of the molecule is Cc1c[c-][nH]c1C.[K+]. The van der Waals surface area contributed by atoms with Crippen LogP contribution in [-0.4, -0.2) is 4.98 Å². The second-order valence-electron chi connectivity index (χ2n) is 1.72. The van der Waals surface area contributed by atoms with Gasteiger partial charge in [0.15, 0.2) is 0 Å². The van der Waals surface area contributed by atoms with Gasteiger partial charge in [-0.05, 0) is 0 Å². The largest absolute Gasteiger partial charge is 1.00 e. The number of hydrogen-bond acceptors (Lipinski definition) is 0. The van der Waals surface area contributed by atoms with E-state index in [1.54, 1.807) is 0 Å². The molecule has 0 bridgehead atoms. The van der Waals surface area contributed by atoms with Gasteiger partial charge in [-0.15, -0.1) is 11.9 Å². The van der Waals surface area contributed by atoms with Crippen LogP contribution in [0.3, 0.4) is 0 Å². The Hall–Kier alpha value is 0.916. The van der Waals surface area contributed by atoms with Crippen LogP contribution in [0.5, 0.6) is 0 Å². The predicted molar refractivity (Wildman–Crippen MR) is 29.1 cm³/mol. The van der Waals surface area contributed by atoms with Crippen molar-refractivity contribution < 1.29 is 51.4 Å². The fourth-order valence-electron chi connectivity index (χ4n) is 0.459. The number of hydrogen-bond donors (Lipinski definition) is 1. The molecule has 0 saturated carbocycles. The van der Waals surface area contributed by atoms with Crippen LogP contribution in [0.1, 0.15) is 11.3 Å². The molecule has 0 aliphatic carbocycles. The third-order valence-electron chi connectivity index (χ3n) is 1.14. The summed E-state index contributed by atoms with van der Waals surface area (Å²) in [4.78, 5) is 2.94. The quantitative estimate of drug-likeness (QED) is 0.325. The number of nitrogens with one attached hydrogen (secondary N) is 1. The summed E-state index contributed by atoms with van der Waals surface area (Å²) in [6, 6.07) is 1.94. The van der Waals surface area contributed by atoms with Gasteiger partial charge in [0.05, 0.1) is 0 Å². The Morgan fingerprint density at radius 2 is 2.12 bits per heavy atom. The van der Waals surface area contributed by atoms with Crippen molar-refractivity contribution in [2.45, 2.75) is 13.8 Å². The molecule has 0 saturated heterocycles. The Morgan fingerprint density at radius 1 is 1.50 bits per heavy atom. The normalized spacial score (nSPS) is 8.25. The van der Waals surface area contributed by atoms with E-state index in [0.717, 1.165) is 0 Å². The minimum Gasteiger partial charge on any atom is -0.481 e. The zero-order chi connectivity index (χ0) is 5.28. The van der Waals surface area contributed by atoms with E-state index in [0.29, 0.717) is 0 Å². The Bertz CT molecular complexity index is 141. The first-order valence-corrected chi connectivity index (χ1v) is 2.33. The Morgan fingerprint density at radius 3 is 2.25 bits per heavy atom. The topological polar surface area (TPSA) is 15.8 Å². The summed E-state index contributed by atoms with van der Waals surface area (Å²) in [5.74, 6) is 0. The van der Waals surface area contributed by atoms with Crippen molar-refractivity contribution in [3.8, 4) is 0 Å². The fraction of sp³-hybridized carbons (Fsp3) is 0.333. The Balaban J connectivity index is 0.000000490. The van der Waals surface area contributed by atoms with Gasteiger partial charge in [0.2, 0.25) is 0 Å². The molecule has 0 radical (unpaired) electrons. The number of H-pyrrole nitrogens is 1. The van der Waals surface area contributed by atoms with Gasteiger partial charge < -0.3 is 4.98 Å². The second-order valence-corrected chi connectivity index (χ2v) is 1.72. The summed E-state index contributed by atoms with van der Waals surface area (Å²) in [5, 5.41) is 0. The van der Waals surface area contributed by atoms with Crippen molar-refractivity contribution in [1.82, 2.24) is 4.98 Å². The van der Waals surface area contributed by atoms with Crippen LogP contribution >= 0.6 is 0 Å². The maximum Gasteiger partial charge on any atom is 1.00 e. The van der Waals surface area contributed by atoms with Gasteiger partial charge in [-0.2, -0.15) is 11.6 Å². The molecule has 1 aromatic rings. The smallest absolute Gasteiger partial charge is 0.481 e. The van der Waals surface area contributed by atoms with Gasteiger partial charge in [-0.3, -0.25) is 0 Å². The van der Waals surface area contributed by atoms with Crippen molar-refractivity contribution in [2.75, 3.05) is 0 Å². The molecule has 0 aliphatic heterocycles. The van der Waals surface area contributed by atoms with Crippen LogP contribution in [0.15, 0.2) is 6.07 Å². The number of aromatic amines is 1. The molecule has 0 aromatic carbocycles. The third kappa shape index (κ3) is 2.03. The standard InChI is InChI=1S/C6H8N.K/c1-5-3-4-7-6(5)2;/h3,7H,1-2H3;/q-1;+1. The maximum absolute atomic E-state index is 2.94. The first-order valence-electron chi connectivity index (χ1n) is 2.33. The third-order valence-corrected chi connectivity index (χ3v) is 1.14. The van der Waals surface area contributed by atoms with Gasteiger partial charge in [-0.1, -0.05) is 13.8 Å². The molecule has 0 spiro atoms. The van der Waals surface area contributed by atoms with Gasteiger partial charge in [0.1, 0.15) is 0 Å². The molecule has 38 valence electrons. The van der Waals surface area contributed by atoms with Gasteiger partial charge in [-0.25, -0.2) is 0 Å². The molecule has 0 aliphatic rings. The molecular weight excluding hydrogens is 125 g/mol. The molecule has 0 unspecified atom stereocenters. The van der Waals surface area contributed by atoms with Crippen LogP contribution in [-0.2, 0) is 0 Å². The average Bonchev–Trinajstić information content (AvgIpc) is 1.91. The van der Waals surface area contributed by atoms with Crippen LogP contribution in [0, 0.1) is 20.0 Å². The Kier molecular flexibility index (Phi) is 4.29. The number of aryl methyl sites for hydroxylation is 2. The maximum atomic E-state index is 2.94. The van der Waals surface area contributed by atoms with E-state index in [2.05, 4.69) is 18.1 Å². The summed E-state index contributed by atoms with van der Waals surface area (Å²) in [7, 11) is 0. The van der Waals surface area contributed by atoms with E-state index < -0.39 is 0 Å². The van der Waals surface area contributed by atoms with Gasteiger partial charge >= 0.3 is 51.4 Å². The van der Waals surface area contributed by atoms with Crippen molar-refractivity contribution in [3.05, 3.63) is 23.5 Å². The predicted octanol–water partition coefficient (Wildman–Crippen LogP) is -1.56. The number of aromatic nitrogens is 1. The minimum absolute atomic E-state index is 0. The van der Waals surface area contributed by atoms with E-state index >= 15 is 0 Å². The summed E-state index contributed by atoms with van der Waals surface area (Å²) < 4.78 is 0. The molecule has 0 atom stereocenters. The fourth-order valence-corrected chi connectivity index (χ4v) is 0.459. The number of rotatable bonds is 0. The molecule has 0 fully saturated rings. The van der Waals surface area contributed by atoms with E-state index in [1.165, 1.54) is 11.3 Å². The van der Waals surface area contributed by atoms with Crippen LogP contribution in [0.2, 0.25) is 0 Å². The average molecular weight is 133 g/mol. The van der Waals surface area contributed by atoms with Gasteiger partial charge in [0, 0.05) is 0 Å². The van der Waals surface area contributed by atoms with Crippen LogP contribution in [0.4, 0.5) is 0 Å². The first kappa shape index (κ1) is 8.92. The zero-order valence-corrected chi connectivity index (χ0v) is 8.70.